The summed E-state index contributed by atoms with van der Waals surface area (Å²) in [6.45, 7) is 6.66. The van der Waals surface area contributed by atoms with E-state index in [4.69, 9.17) is 9.26 Å². The standard InChI is InChI=1S/C19H30N3O8P/c1-5-13(23)31(27,28)30-19(4,6-2)8-12-14(24)15(25)17(29-12)22-9-11-7-10(3)20-16(11)21-18(22)26/h7,9,12-15,17,23-25H,5-6,8H2,1-4H3,(H,27,28)(H,20,21,26)/t12-,13?,14-,15-,17-,19?/m1/s1. The van der Waals surface area contributed by atoms with Crippen LogP contribution in [-0.4, -0.2) is 64.5 Å². The fourth-order valence-corrected chi connectivity index (χ4v) is 5.15. The lowest BCUT2D eigenvalue weighted by Crippen LogP contribution is -2.39. The summed E-state index contributed by atoms with van der Waals surface area (Å²) in [5, 5.41) is 31.6. The zero-order chi connectivity index (χ0) is 23.1. The Hall–Kier alpha value is -1.59. The summed E-state index contributed by atoms with van der Waals surface area (Å²) in [7, 11) is -4.33. The number of aryl methyl sites for hydroxylation is 1. The second-order valence-electron chi connectivity index (χ2n) is 8.29. The lowest BCUT2D eigenvalue weighted by atomic mass is 9.93. The Balaban J connectivity index is 1.84. The van der Waals surface area contributed by atoms with E-state index in [2.05, 4.69) is 9.97 Å². The summed E-state index contributed by atoms with van der Waals surface area (Å²) >= 11 is 0. The topological polar surface area (TPSA) is 167 Å². The van der Waals surface area contributed by atoms with Gasteiger partial charge in [0.1, 0.15) is 17.9 Å². The Morgan fingerprint density at radius 3 is 2.68 bits per heavy atom. The van der Waals surface area contributed by atoms with Crippen LogP contribution in [0.15, 0.2) is 17.1 Å². The van der Waals surface area contributed by atoms with E-state index in [1.165, 1.54) is 6.20 Å². The molecule has 1 aliphatic rings. The molecule has 0 bridgehead atoms. The normalized spacial score (nSPS) is 29.0. The molecule has 11 nitrogen and oxygen atoms in total. The van der Waals surface area contributed by atoms with Gasteiger partial charge < -0.3 is 34.5 Å². The van der Waals surface area contributed by atoms with E-state index < -0.39 is 49.3 Å². The van der Waals surface area contributed by atoms with Crippen LogP contribution in [0.2, 0.25) is 0 Å². The molecule has 0 saturated carbocycles. The average molecular weight is 459 g/mol. The Labute approximate surface area is 179 Å². The predicted molar refractivity (Wildman–Crippen MR) is 112 cm³/mol. The second-order valence-corrected chi connectivity index (χ2v) is 10.2. The predicted octanol–water partition coefficient (Wildman–Crippen LogP) is 1.14. The van der Waals surface area contributed by atoms with Gasteiger partial charge in [0.25, 0.3) is 0 Å². The summed E-state index contributed by atoms with van der Waals surface area (Å²) in [6.07, 6.45) is -3.22. The fraction of sp³-hybridized carbons (Fsp3) is 0.684. The molecule has 2 aromatic heterocycles. The number of H-pyrrole nitrogens is 1. The molecule has 3 unspecified atom stereocenters. The van der Waals surface area contributed by atoms with Gasteiger partial charge in [0.15, 0.2) is 12.1 Å². The molecule has 12 heteroatoms. The van der Waals surface area contributed by atoms with Gasteiger partial charge in [-0.25, -0.2) is 4.79 Å². The van der Waals surface area contributed by atoms with E-state index in [1.807, 2.05) is 6.92 Å². The number of nitrogens with one attached hydrogen (secondary N) is 1. The number of aliphatic hydroxyl groups is 3. The average Bonchev–Trinajstić information content (AvgIpc) is 3.19. The van der Waals surface area contributed by atoms with Gasteiger partial charge >= 0.3 is 13.3 Å². The Morgan fingerprint density at radius 2 is 2.06 bits per heavy atom. The molecule has 7 atom stereocenters. The van der Waals surface area contributed by atoms with Gasteiger partial charge in [-0.05, 0) is 32.8 Å². The summed E-state index contributed by atoms with van der Waals surface area (Å²) < 4.78 is 24.7. The number of nitrogens with zero attached hydrogens (tertiary/aromatic N) is 2. The largest absolute Gasteiger partial charge is 0.388 e. The Bertz CT molecular complexity index is 1040. The van der Waals surface area contributed by atoms with Crippen molar-refractivity contribution in [1.82, 2.24) is 14.5 Å². The van der Waals surface area contributed by atoms with Crippen molar-refractivity contribution < 1.29 is 34.0 Å². The van der Waals surface area contributed by atoms with Gasteiger partial charge in [-0.15, -0.1) is 0 Å². The van der Waals surface area contributed by atoms with Crippen LogP contribution in [-0.2, 0) is 13.8 Å². The van der Waals surface area contributed by atoms with Crippen molar-refractivity contribution in [2.24, 2.45) is 0 Å². The van der Waals surface area contributed by atoms with Crippen LogP contribution in [0.5, 0.6) is 0 Å². The van der Waals surface area contributed by atoms with Crippen molar-refractivity contribution in [2.75, 3.05) is 0 Å². The van der Waals surface area contributed by atoms with E-state index in [9.17, 15) is 29.6 Å². The third-order valence-electron chi connectivity index (χ3n) is 5.75. The van der Waals surface area contributed by atoms with E-state index in [1.54, 1.807) is 26.8 Å². The molecule has 0 spiro atoms. The van der Waals surface area contributed by atoms with Crippen LogP contribution in [0, 0.1) is 6.92 Å². The minimum Gasteiger partial charge on any atom is -0.388 e. The van der Waals surface area contributed by atoms with Crippen LogP contribution in [0.1, 0.15) is 52.0 Å². The minimum atomic E-state index is -4.33. The molecule has 3 heterocycles. The number of rotatable bonds is 8. The highest BCUT2D eigenvalue weighted by atomic mass is 31.2. The number of aliphatic hydroxyl groups excluding tert-OH is 3. The maximum absolute atomic E-state index is 12.5. The van der Waals surface area contributed by atoms with Crippen LogP contribution < -0.4 is 5.69 Å². The summed E-state index contributed by atoms with van der Waals surface area (Å²) in [6, 6.07) is 1.79. The molecule has 0 radical (unpaired) electrons. The quantitative estimate of drug-likeness (QED) is 0.364. The van der Waals surface area contributed by atoms with Crippen molar-refractivity contribution in [3.05, 3.63) is 28.4 Å². The number of ether oxygens (including phenoxy) is 1. The minimum absolute atomic E-state index is 0.0357. The fourth-order valence-electron chi connectivity index (χ4n) is 3.74. The monoisotopic (exact) mass is 459 g/mol. The number of aromatic amines is 1. The Morgan fingerprint density at radius 1 is 1.39 bits per heavy atom. The first-order chi connectivity index (χ1) is 14.4. The summed E-state index contributed by atoms with van der Waals surface area (Å²) in [5.41, 5.74) is -0.676. The maximum Gasteiger partial charge on any atom is 0.356 e. The highest BCUT2D eigenvalue weighted by molar-refractivity contribution is 7.53. The summed E-state index contributed by atoms with van der Waals surface area (Å²) in [4.78, 5) is 29.5. The van der Waals surface area contributed by atoms with Crippen molar-refractivity contribution in [3.63, 3.8) is 0 Å². The van der Waals surface area contributed by atoms with Crippen molar-refractivity contribution in [3.8, 4) is 0 Å². The van der Waals surface area contributed by atoms with Crippen LogP contribution in [0.3, 0.4) is 0 Å². The first-order valence-electron chi connectivity index (χ1n) is 10.2. The number of hydrogen-bond acceptors (Lipinski definition) is 8. The third-order valence-corrected chi connectivity index (χ3v) is 7.57. The molecule has 2 aromatic rings. The van der Waals surface area contributed by atoms with E-state index in [0.717, 1.165) is 10.3 Å². The van der Waals surface area contributed by atoms with Gasteiger partial charge in [-0.3, -0.25) is 9.13 Å². The van der Waals surface area contributed by atoms with E-state index in [0.29, 0.717) is 11.0 Å². The molecule has 0 aromatic carbocycles. The van der Waals surface area contributed by atoms with E-state index >= 15 is 0 Å². The number of hydrogen-bond donors (Lipinski definition) is 5. The molecular weight excluding hydrogens is 429 g/mol. The molecule has 0 amide bonds. The third kappa shape index (κ3) is 4.78. The molecule has 31 heavy (non-hydrogen) atoms. The summed E-state index contributed by atoms with van der Waals surface area (Å²) in [5.74, 6) is -1.53. The molecule has 3 rings (SSSR count). The molecule has 174 valence electrons. The van der Waals surface area contributed by atoms with Gasteiger partial charge in [-0.1, -0.05) is 13.8 Å². The zero-order valence-electron chi connectivity index (χ0n) is 17.9. The van der Waals surface area contributed by atoms with Crippen LogP contribution >= 0.6 is 7.60 Å². The lowest BCUT2D eigenvalue weighted by Gasteiger charge is -2.34. The lowest BCUT2D eigenvalue weighted by molar-refractivity contribution is -0.0692. The SMILES string of the molecule is CCC(O)P(=O)(O)OC(C)(CC)C[C@H]1O[C@@H](n2cc3cc(C)[nH]c3nc2=O)[C@H](O)[C@@H]1O. The smallest absolute Gasteiger partial charge is 0.356 e. The van der Waals surface area contributed by atoms with Crippen LogP contribution in [0.4, 0.5) is 0 Å². The van der Waals surface area contributed by atoms with Crippen molar-refractivity contribution >= 4 is 18.6 Å². The molecule has 1 aliphatic heterocycles. The number of fused-ring (bicyclic) bond motifs is 1. The molecule has 5 N–H and O–H groups in total. The van der Waals surface area contributed by atoms with Gasteiger partial charge in [0.2, 0.25) is 0 Å². The highest BCUT2D eigenvalue weighted by Crippen LogP contribution is 2.53. The first-order valence-corrected chi connectivity index (χ1v) is 11.9. The van der Waals surface area contributed by atoms with Crippen molar-refractivity contribution in [2.45, 2.75) is 82.9 Å². The first kappa shape index (κ1) is 24.1. The highest BCUT2D eigenvalue weighted by Gasteiger charge is 2.48. The van der Waals surface area contributed by atoms with Gasteiger partial charge in [0.05, 0.1) is 11.7 Å². The maximum atomic E-state index is 12.5. The molecule has 1 fully saturated rings. The number of aromatic nitrogens is 3. The molecule has 0 aliphatic carbocycles. The second kappa shape index (κ2) is 8.74. The zero-order valence-corrected chi connectivity index (χ0v) is 18.8. The Kier molecular flexibility index (Phi) is 6.79. The molecule has 1 saturated heterocycles. The van der Waals surface area contributed by atoms with Crippen molar-refractivity contribution in [1.29, 1.82) is 0 Å². The van der Waals surface area contributed by atoms with Crippen LogP contribution in [0.25, 0.3) is 11.0 Å². The molecular formula is C19H30N3O8P. The van der Waals surface area contributed by atoms with Gasteiger partial charge in [-0.2, -0.15) is 4.98 Å². The van der Waals surface area contributed by atoms with Gasteiger partial charge in [0, 0.05) is 23.7 Å². The van der Waals surface area contributed by atoms with E-state index in [-0.39, 0.29) is 19.3 Å².